The zero-order valence-electron chi connectivity index (χ0n) is 31.7. The number of nitrogens with one attached hydrogen (secondary N) is 3. The number of aromatic nitrogens is 2. The van der Waals surface area contributed by atoms with Crippen LogP contribution in [-0.2, 0) is 25.6 Å². The zero-order chi connectivity index (χ0) is 41.1. The molecule has 1 aliphatic rings. The molecule has 4 amide bonds. The Morgan fingerprint density at radius 1 is 0.754 bits per heavy atom. The van der Waals surface area contributed by atoms with Gasteiger partial charge in [-0.25, -0.2) is 14.4 Å². The molecule has 2 aromatic heterocycles. The molecule has 1 aliphatic carbocycles. The maximum atomic E-state index is 14.2. The number of primary amides is 1. The SMILES string of the molecule is CCCCC(NC(=O)c1oc(C)nc1-c1ccccc1)C(=O)C(=O)NC1CC1.Cc1nc(-c2ccccc2F)c(C(=O)NC(Cc2ccccc2)C(=O)C(N)=O)o1. The lowest BCUT2D eigenvalue weighted by Crippen LogP contribution is -2.48. The molecule has 5 aromatic rings. The number of hydrogen-bond donors (Lipinski definition) is 4. The van der Waals surface area contributed by atoms with E-state index in [0.717, 1.165) is 30.4 Å². The lowest BCUT2D eigenvalue weighted by molar-refractivity contribution is -0.139. The van der Waals surface area contributed by atoms with Crippen LogP contribution in [-0.4, -0.2) is 63.3 Å². The highest BCUT2D eigenvalue weighted by Crippen LogP contribution is 2.27. The number of nitrogens with two attached hydrogens (primary N) is 1. The van der Waals surface area contributed by atoms with Crippen molar-refractivity contribution in [2.75, 3.05) is 0 Å². The van der Waals surface area contributed by atoms with E-state index in [1.807, 2.05) is 37.3 Å². The van der Waals surface area contributed by atoms with E-state index in [-0.39, 0.29) is 41.1 Å². The Hall–Kier alpha value is -6.77. The first-order valence-corrected chi connectivity index (χ1v) is 18.4. The van der Waals surface area contributed by atoms with Crippen molar-refractivity contribution >= 4 is 35.2 Å². The maximum absolute atomic E-state index is 14.2. The van der Waals surface area contributed by atoms with E-state index < -0.39 is 53.1 Å². The summed E-state index contributed by atoms with van der Waals surface area (Å²) in [6.45, 7) is 5.16. The highest BCUT2D eigenvalue weighted by molar-refractivity contribution is 6.39. The van der Waals surface area contributed by atoms with Crippen LogP contribution in [0.15, 0.2) is 93.8 Å². The zero-order valence-corrected chi connectivity index (χ0v) is 31.7. The Labute approximate surface area is 327 Å². The van der Waals surface area contributed by atoms with Gasteiger partial charge in [-0.15, -0.1) is 0 Å². The molecule has 0 spiro atoms. The van der Waals surface area contributed by atoms with Crippen LogP contribution in [0, 0.1) is 19.7 Å². The molecule has 1 fully saturated rings. The van der Waals surface area contributed by atoms with Crippen LogP contribution in [0.2, 0.25) is 0 Å². The standard InChI is InChI=1S/C21H18FN3O4.C21H25N3O4/c1-12-24-17(14-9-5-6-10-15(14)22)19(29-12)21(28)25-16(18(26)20(23)27)11-13-7-3-2-4-8-13;1-3-4-10-16(18(25)20(26)23-15-11-12-15)24-21(27)19-17(22-13(2)28-19)14-8-6-5-7-9-14/h2-10,16H,11H2,1H3,(H2,23,27)(H,25,28);5-9,15-16H,3-4,10-12H2,1-2H3,(H,23,26)(H,24,27). The van der Waals surface area contributed by atoms with E-state index in [0.29, 0.717) is 24.4 Å². The van der Waals surface area contributed by atoms with E-state index in [1.165, 1.54) is 25.1 Å². The summed E-state index contributed by atoms with van der Waals surface area (Å²) in [6, 6.07) is 21.8. The Morgan fingerprint density at radius 2 is 1.30 bits per heavy atom. The molecule has 0 radical (unpaired) electrons. The number of aryl methyl sites for hydroxylation is 2. The number of Topliss-reactive ketones (excluding diaryl/α,β-unsaturated/α-hetero) is 2. The van der Waals surface area contributed by atoms with Crippen molar-refractivity contribution in [2.45, 2.75) is 77.4 Å². The van der Waals surface area contributed by atoms with Gasteiger partial charge >= 0.3 is 0 Å². The van der Waals surface area contributed by atoms with Crippen molar-refractivity contribution in [3.8, 4) is 22.5 Å². The molecule has 15 heteroatoms. The molecule has 2 atom stereocenters. The van der Waals surface area contributed by atoms with E-state index >= 15 is 0 Å². The molecular weight excluding hydrogens is 735 g/mol. The van der Waals surface area contributed by atoms with Crippen LogP contribution < -0.4 is 21.7 Å². The predicted octanol–water partition coefficient (Wildman–Crippen LogP) is 4.97. The number of ketones is 2. The normalized spacial score (nSPS) is 13.0. The third-order valence-electron chi connectivity index (χ3n) is 8.81. The number of carbonyl (C=O) groups is 6. The number of amides is 4. The van der Waals surface area contributed by atoms with Gasteiger partial charge in [-0.3, -0.25) is 28.8 Å². The van der Waals surface area contributed by atoms with Crippen LogP contribution in [0.4, 0.5) is 4.39 Å². The number of halogens is 1. The molecule has 0 aliphatic heterocycles. The van der Waals surface area contributed by atoms with Crippen LogP contribution in [0.1, 0.15) is 77.5 Å². The number of unbranched alkanes of at least 4 members (excludes halogenated alkanes) is 1. The summed E-state index contributed by atoms with van der Waals surface area (Å²) in [4.78, 5) is 82.5. The van der Waals surface area contributed by atoms with Gasteiger partial charge in [-0.1, -0.05) is 92.6 Å². The molecule has 57 heavy (non-hydrogen) atoms. The van der Waals surface area contributed by atoms with Crippen molar-refractivity contribution in [1.29, 1.82) is 0 Å². The minimum absolute atomic E-state index is 0.00286. The number of hydrogen-bond acceptors (Lipinski definition) is 10. The first kappa shape index (κ1) is 41.4. The fourth-order valence-corrected chi connectivity index (χ4v) is 5.79. The second-order valence-electron chi connectivity index (χ2n) is 13.4. The lowest BCUT2D eigenvalue weighted by atomic mass is 10.0. The van der Waals surface area contributed by atoms with Gasteiger partial charge in [0.15, 0.2) is 11.8 Å². The van der Waals surface area contributed by atoms with Gasteiger partial charge in [0.2, 0.25) is 23.1 Å². The van der Waals surface area contributed by atoms with Crippen molar-refractivity contribution < 1.29 is 42.0 Å². The number of carbonyl (C=O) groups excluding carboxylic acids is 6. The molecule has 2 unspecified atom stereocenters. The average molecular weight is 779 g/mol. The van der Waals surface area contributed by atoms with Gasteiger partial charge in [0.1, 0.15) is 23.2 Å². The topological polar surface area (TPSA) is 217 Å². The summed E-state index contributed by atoms with van der Waals surface area (Å²) in [5.74, 6) is -5.03. The summed E-state index contributed by atoms with van der Waals surface area (Å²) in [7, 11) is 0. The summed E-state index contributed by atoms with van der Waals surface area (Å²) in [6.07, 6.45) is 3.80. The van der Waals surface area contributed by atoms with Crippen LogP contribution in [0.25, 0.3) is 22.5 Å². The fourth-order valence-electron chi connectivity index (χ4n) is 5.79. The van der Waals surface area contributed by atoms with Gasteiger partial charge in [0.05, 0.1) is 6.04 Å². The maximum Gasteiger partial charge on any atom is 0.290 e. The molecule has 14 nitrogen and oxygen atoms in total. The first-order chi connectivity index (χ1) is 27.4. The average Bonchev–Trinajstić information content (AvgIpc) is 3.80. The summed E-state index contributed by atoms with van der Waals surface area (Å²) < 4.78 is 25.1. The molecule has 0 bridgehead atoms. The molecule has 1 saturated carbocycles. The number of rotatable bonds is 16. The van der Waals surface area contributed by atoms with Crippen LogP contribution >= 0.6 is 0 Å². The molecule has 296 valence electrons. The quantitative estimate of drug-likeness (QED) is 0.0987. The first-order valence-electron chi connectivity index (χ1n) is 18.4. The lowest BCUT2D eigenvalue weighted by Gasteiger charge is -2.16. The summed E-state index contributed by atoms with van der Waals surface area (Å²) >= 11 is 0. The smallest absolute Gasteiger partial charge is 0.290 e. The predicted molar refractivity (Wildman–Crippen MR) is 206 cm³/mol. The Bertz CT molecular complexity index is 2230. The van der Waals surface area contributed by atoms with Crippen molar-refractivity contribution in [2.24, 2.45) is 5.73 Å². The minimum atomic E-state index is -1.21. The highest BCUT2D eigenvalue weighted by atomic mass is 19.1. The second kappa shape index (κ2) is 19.2. The third kappa shape index (κ3) is 11.2. The molecule has 2 heterocycles. The minimum Gasteiger partial charge on any atom is -0.435 e. The molecular formula is C42H43FN6O8. The second-order valence-corrected chi connectivity index (χ2v) is 13.4. The fraction of sp³-hybridized carbons (Fsp3) is 0.286. The highest BCUT2D eigenvalue weighted by Gasteiger charge is 2.33. The number of nitrogens with zero attached hydrogens (tertiary/aromatic N) is 2. The Balaban J connectivity index is 0.000000218. The van der Waals surface area contributed by atoms with Crippen molar-refractivity contribution in [3.05, 3.63) is 120 Å². The van der Waals surface area contributed by atoms with Crippen molar-refractivity contribution in [3.63, 3.8) is 0 Å². The van der Waals surface area contributed by atoms with Gasteiger partial charge < -0.3 is 30.5 Å². The molecule has 3 aromatic carbocycles. The summed E-state index contributed by atoms with van der Waals surface area (Å²) in [5, 5.41) is 7.83. The number of benzene rings is 3. The van der Waals surface area contributed by atoms with Crippen LogP contribution in [0.5, 0.6) is 0 Å². The molecule has 0 saturated heterocycles. The van der Waals surface area contributed by atoms with Gasteiger partial charge in [0, 0.05) is 37.4 Å². The Kier molecular flexibility index (Phi) is 13.9. The van der Waals surface area contributed by atoms with Gasteiger partial charge in [0.25, 0.3) is 23.6 Å². The number of oxazole rings is 2. The monoisotopic (exact) mass is 778 g/mol. The molecule has 6 rings (SSSR count). The van der Waals surface area contributed by atoms with E-state index in [1.54, 1.807) is 43.3 Å². The largest absolute Gasteiger partial charge is 0.435 e. The van der Waals surface area contributed by atoms with Crippen LogP contribution in [0.3, 0.4) is 0 Å². The van der Waals surface area contributed by atoms with Crippen molar-refractivity contribution in [1.82, 2.24) is 25.9 Å². The Morgan fingerprint density at radius 3 is 1.88 bits per heavy atom. The van der Waals surface area contributed by atoms with E-state index in [4.69, 9.17) is 14.6 Å². The van der Waals surface area contributed by atoms with E-state index in [2.05, 4.69) is 25.9 Å². The van der Waals surface area contributed by atoms with Gasteiger partial charge in [-0.2, -0.15) is 0 Å². The third-order valence-corrected chi connectivity index (χ3v) is 8.81. The van der Waals surface area contributed by atoms with Gasteiger partial charge in [-0.05, 0) is 37.0 Å². The van der Waals surface area contributed by atoms with E-state index in [9.17, 15) is 33.2 Å². The molecule has 5 N–H and O–H groups in total. The summed E-state index contributed by atoms with van der Waals surface area (Å²) in [5.41, 5.74) is 7.08.